The second-order valence-corrected chi connectivity index (χ2v) is 3.68. The van der Waals surface area contributed by atoms with Gasteiger partial charge in [0.15, 0.2) is 5.96 Å². The summed E-state index contributed by atoms with van der Waals surface area (Å²) in [5, 5.41) is 3.18. The third-order valence-electron chi connectivity index (χ3n) is 2.31. The summed E-state index contributed by atoms with van der Waals surface area (Å²) in [4.78, 5) is 12.2. The molecule has 18 heavy (non-hydrogen) atoms. The fourth-order valence-electron chi connectivity index (χ4n) is 1.63. The summed E-state index contributed by atoms with van der Waals surface area (Å²) in [5.41, 5.74) is 17.6. The van der Waals surface area contributed by atoms with Gasteiger partial charge in [0.25, 0.3) is 0 Å². The molecule has 1 aliphatic heterocycles. The molecule has 0 atom stereocenters. The summed E-state index contributed by atoms with van der Waals surface area (Å²) in [6.45, 7) is 1.59. The Morgan fingerprint density at radius 2 is 2.00 bits per heavy atom. The normalized spacial score (nSPS) is 14.9. The Hall–Kier alpha value is -2.57. The van der Waals surface area contributed by atoms with Crippen molar-refractivity contribution in [3.8, 4) is 0 Å². The van der Waals surface area contributed by atoms with Crippen LogP contribution in [0.3, 0.4) is 0 Å². The molecule has 1 aromatic rings. The van der Waals surface area contributed by atoms with Crippen LogP contribution in [0.1, 0.15) is 5.56 Å². The second kappa shape index (κ2) is 5.17. The van der Waals surface area contributed by atoms with Gasteiger partial charge in [-0.2, -0.15) is 4.99 Å². The molecule has 0 aliphatic carbocycles. The van der Waals surface area contributed by atoms with Crippen molar-refractivity contribution in [3.63, 3.8) is 0 Å². The fraction of sp³-hybridized carbons (Fsp3) is 0.182. The van der Waals surface area contributed by atoms with Crippen molar-refractivity contribution >= 4 is 23.4 Å². The molecule has 0 unspecified atom stereocenters. The molecule has 7 nitrogen and oxygen atoms in total. The van der Waals surface area contributed by atoms with Crippen molar-refractivity contribution < 1.29 is 0 Å². The van der Waals surface area contributed by atoms with Crippen LogP contribution >= 0.6 is 0 Å². The third kappa shape index (κ3) is 2.76. The molecule has 0 saturated carbocycles. The SMILES string of the molecule is NC(N)=NC(N)=Nc1ccccc1C1=NCCN1. The minimum atomic E-state index is -0.120. The van der Waals surface area contributed by atoms with Gasteiger partial charge < -0.3 is 22.5 Å². The first-order valence-electron chi connectivity index (χ1n) is 5.48. The van der Waals surface area contributed by atoms with Gasteiger partial charge in [-0.25, -0.2) is 4.99 Å². The van der Waals surface area contributed by atoms with Crippen LogP contribution in [0.15, 0.2) is 39.2 Å². The number of guanidine groups is 2. The summed E-state index contributed by atoms with van der Waals surface area (Å²) < 4.78 is 0. The van der Waals surface area contributed by atoms with E-state index in [0.717, 1.165) is 24.5 Å². The van der Waals surface area contributed by atoms with Gasteiger partial charge >= 0.3 is 0 Å². The molecule has 94 valence electrons. The highest BCUT2D eigenvalue weighted by Crippen LogP contribution is 2.19. The summed E-state index contributed by atoms with van der Waals surface area (Å²) >= 11 is 0. The van der Waals surface area contributed by atoms with Crippen LogP contribution in [0.5, 0.6) is 0 Å². The van der Waals surface area contributed by atoms with Crippen LogP contribution in [0.25, 0.3) is 0 Å². The van der Waals surface area contributed by atoms with E-state index in [9.17, 15) is 0 Å². The first-order chi connectivity index (χ1) is 8.66. The van der Waals surface area contributed by atoms with E-state index in [-0.39, 0.29) is 11.9 Å². The number of rotatable bonds is 2. The van der Waals surface area contributed by atoms with E-state index in [0.29, 0.717) is 5.69 Å². The number of nitrogens with one attached hydrogen (secondary N) is 1. The maximum atomic E-state index is 5.62. The highest BCUT2D eigenvalue weighted by atomic mass is 15.1. The van der Waals surface area contributed by atoms with E-state index in [1.807, 2.05) is 24.3 Å². The predicted molar refractivity (Wildman–Crippen MR) is 72.9 cm³/mol. The summed E-state index contributed by atoms with van der Waals surface area (Å²) in [6.07, 6.45) is 0. The van der Waals surface area contributed by atoms with Crippen molar-refractivity contribution in [3.05, 3.63) is 29.8 Å². The van der Waals surface area contributed by atoms with Gasteiger partial charge in [-0.1, -0.05) is 12.1 Å². The Labute approximate surface area is 105 Å². The number of nitrogens with zero attached hydrogens (tertiary/aromatic N) is 3. The number of benzene rings is 1. The highest BCUT2D eigenvalue weighted by Gasteiger charge is 2.11. The molecule has 0 saturated heterocycles. The topological polar surface area (TPSA) is 127 Å². The molecule has 1 aromatic carbocycles. The largest absolute Gasteiger partial charge is 0.370 e. The number of hydrogen-bond acceptors (Lipinski definition) is 3. The Kier molecular flexibility index (Phi) is 3.42. The first kappa shape index (κ1) is 11.9. The molecule has 0 aromatic heterocycles. The van der Waals surface area contributed by atoms with Crippen LogP contribution in [0.2, 0.25) is 0 Å². The Morgan fingerprint density at radius 3 is 2.67 bits per heavy atom. The van der Waals surface area contributed by atoms with Crippen LogP contribution in [-0.2, 0) is 0 Å². The molecule has 2 rings (SSSR count). The highest BCUT2D eigenvalue weighted by molar-refractivity contribution is 6.05. The molecule has 0 fully saturated rings. The van der Waals surface area contributed by atoms with Gasteiger partial charge in [-0.3, -0.25) is 4.99 Å². The molecular formula is C11H15N7. The van der Waals surface area contributed by atoms with Gasteiger partial charge in [-0.15, -0.1) is 0 Å². The van der Waals surface area contributed by atoms with Crippen molar-refractivity contribution in [2.24, 2.45) is 32.2 Å². The molecule has 1 aliphatic rings. The minimum absolute atomic E-state index is 0.0149. The smallest absolute Gasteiger partial charge is 0.223 e. The van der Waals surface area contributed by atoms with Crippen molar-refractivity contribution in [1.82, 2.24) is 5.32 Å². The summed E-state index contributed by atoms with van der Waals surface area (Å²) in [7, 11) is 0. The van der Waals surface area contributed by atoms with Gasteiger partial charge in [-0.05, 0) is 12.1 Å². The van der Waals surface area contributed by atoms with E-state index in [1.54, 1.807) is 0 Å². The molecule has 0 bridgehead atoms. The monoisotopic (exact) mass is 245 g/mol. The zero-order chi connectivity index (χ0) is 13.0. The van der Waals surface area contributed by atoms with E-state index in [2.05, 4.69) is 20.3 Å². The molecule has 7 heteroatoms. The number of aliphatic imine (C=N–C) groups is 3. The lowest BCUT2D eigenvalue weighted by atomic mass is 10.1. The lowest BCUT2D eigenvalue weighted by Gasteiger charge is -2.06. The standard InChI is InChI=1S/C11H15N7/c12-10(13)18-11(14)17-8-4-2-1-3-7(8)9-15-5-6-16-9/h1-4H,5-6H2,(H,15,16)(H6,12,13,14,17,18). The molecule has 0 spiro atoms. The summed E-state index contributed by atoms with van der Waals surface area (Å²) in [6, 6.07) is 7.51. The third-order valence-corrected chi connectivity index (χ3v) is 2.31. The number of amidine groups is 1. The Balaban J connectivity index is 2.36. The zero-order valence-corrected chi connectivity index (χ0v) is 9.80. The molecule has 0 amide bonds. The lowest BCUT2D eigenvalue weighted by molar-refractivity contribution is 0.960. The molecule has 1 heterocycles. The number of hydrogen-bond donors (Lipinski definition) is 4. The van der Waals surface area contributed by atoms with Crippen molar-refractivity contribution in [1.29, 1.82) is 0 Å². The van der Waals surface area contributed by atoms with Gasteiger partial charge in [0.05, 0.1) is 12.2 Å². The zero-order valence-electron chi connectivity index (χ0n) is 9.80. The number of para-hydroxylation sites is 1. The second-order valence-electron chi connectivity index (χ2n) is 3.68. The van der Waals surface area contributed by atoms with E-state index >= 15 is 0 Å². The maximum absolute atomic E-state index is 5.62. The average molecular weight is 245 g/mol. The predicted octanol–water partition coefficient (Wildman–Crippen LogP) is -0.744. The van der Waals surface area contributed by atoms with Gasteiger partial charge in [0, 0.05) is 12.1 Å². The van der Waals surface area contributed by atoms with Gasteiger partial charge in [0.2, 0.25) is 5.96 Å². The first-order valence-corrected chi connectivity index (χ1v) is 5.48. The number of nitrogens with two attached hydrogens (primary N) is 3. The van der Waals surface area contributed by atoms with Gasteiger partial charge in [0.1, 0.15) is 5.84 Å². The average Bonchev–Trinajstić information content (AvgIpc) is 2.81. The van der Waals surface area contributed by atoms with Crippen molar-refractivity contribution in [2.75, 3.05) is 13.1 Å². The fourth-order valence-corrected chi connectivity index (χ4v) is 1.63. The van der Waals surface area contributed by atoms with Crippen molar-refractivity contribution in [2.45, 2.75) is 0 Å². The Bertz CT molecular complexity index is 526. The van der Waals surface area contributed by atoms with Crippen LogP contribution in [-0.4, -0.2) is 30.8 Å². The van der Waals surface area contributed by atoms with E-state index < -0.39 is 0 Å². The Morgan fingerprint density at radius 1 is 1.22 bits per heavy atom. The van der Waals surface area contributed by atoms with E-state index in [4.69, 9.17) is 17.2 Å². The molecular weight excluding hydrogens is 230 g/mol. The quantitative estimate of drug-likeness (QED) is 0.404. The summed E-state index contributed by atoms with van der Waals surface area (Å²) in [5.74, 6) is 0.706. The molecule has 7 N–H and O–H groups in total. The van der Waals surface area contributed by atoms with Crippen LogP contribution in [0, 0.1) is 0 Å². The molecule has 0 radical (unpaired) electrons. The lowest BCUT2D eigenvalue weighted by Crippen LogP contribution is -2.26. The minimum Gasteiger partial charge on any atom is -0.370 e. The van der Waals surface area contributed by atoms with E-state index in [1.165, 1.54) is 0 Å². The van der Waals surface area contributed by atoms with Crippen LogP contribution in [0.4, 0.5) is 5.69 Å². The maximum Gasteiger partial charge on any atom is 0.223 e. The van der Waals surface area contributed by atoms with Crippen LogP contribution < -0.4 is 22.5 Å².